The number of halogens is 1. The van der Waals surface area contributed by atoms with Crippen molar-refractivity contribution in [3.05, 3.63) is 242 Å². The topological polar surface area (TPSA) is 18.5 Å². The summed E-state index contributed by atoms with van der Waals surface area (Å²) in [6.07, 6.45) is 21.9. The van der Waals surface area contributed by atoms with E-state index in [0.717, 1.165) is 23.7 Å². The maximum absolute atomic E-state index is 3.75. The lowest BCUT2D eigenvalue weighted by Crippen LogP contribution is -2.55. The Morgan fingerprint density at radius 3 is 1.27 bits per heavy atom. The molecule has 4 heteroatoms. The van der Waals surface area contributed by atoms with Gasteiger partial charge in [0.2, 0.25) is 0 Å². The van der Waals surface area contributed by atoms with Crippen LogP contribution in [0.25, 0.3) is 45.8 Å². The molecule has 2 aliphatic carbocycles. The maximum atomic E-state index is 3.75. The van der Waals surface area contributed by atoms with E-state index < -0.39 is 0 Å². The van der Waals surface area contributed by atoms with Crippen molar-refractivity contribution >= 4 is 90.2 Å². The summed E-state index contributed by atoms with van der Waals surface area (Å²) >= 11 is 3.41. The highest BCUT2D eigenvalue weighted by molar-refractivity contribution is 9.10. The largest absolute Gasteiger partial charge is 0.378 e. The number of rotatable bonds is 11. The molecule has 2 heterocycles. The predicted molar refractivity (Wildman–Crippen MR) is 326 cm³/mol. The van der Waals surface area contributed by atoms with Crippen LogP contribution in [0, 0.1) is 5.92 Å². The van der Waals surface area contributed by atoms with E-state index in [0.29, 0.717) is 12.0 Å². The van der Waals surface area contributed by atoms with Crippen molar-refractivity contribution in [2.45, 2.75) is 103 Å². The predicted octanol–water partition coefficient (Wildman–Crippen LogP) is 15.7. The summed E-state index contributed by atoms with van der Waals surface area (Å²) in [5.74, 6) is 0.545. The molecule has 0 amide bonds. The third kappa shape index (κ3) is 11.1. The van der Waals surface area contributed by atoms with E-state index >= 15 is 0 Å². The SMILES string of the molecule is C1=c2ccccc2=CC2Nc3cc4ccccc4cc3CC12.CCCCc1ccc(Br)cc1.CCCCc1ccc(N2c3cc4ccccc4cc3N(c3ccc(CCCC)cc3)C3C=c4ccccc4=CC32)cc1. The third-order valence-corrected chi connectivity index (χ3v) is 16.3. The average molecular weight is 1050 g/mol. The minimum Gasteiger partial charge on any atom is -0.378 e. The molecular weight excluding hydrogens is 975 g/mol. The first kappa shape index (κ1) is 50.0. The Kier molecular flexibility index (Phi) is 15.5. The number of anilines is 5. The molecule has 376 valence electrons. The second-order valence-electron chi connectivity index (χ2n) is 21.0. The van der Waals surface area contributed by atoms with Crippen LogP contribution in [0.5, 0.6) is 0 Å². The molecule has 0 aromatic heterocycles. The highest BCUT2D eigenvalue weighted by Gasteiger charge is 2.40. The number of benzene rings is 9. The molecule has 9 aromatic rings. The number of hydrogen-bond acceptors (Lipinski definition) is 3. The fraction of sp³-hybridized carbons (Fsp3) is 0.239. The van der Waals surface area contributed by atoms with Crippen molar-refractivity contribution in [3.63, 3.8) is 0 Å². The number of fused-ring (bicyclic) bond motifs is 8. The molecule has 0 saturated carbocycles. The molecule has 3 nitrogen and oxygen atoms in total. The van der Waals surface area contributed by atoms with Crippen LogP contribution in [0.4, 0.5) is 28.4 Å². The first-order valence-corrected chi connectivity index (χ1v) is 28.6. The third-order valence-electron chi connectivity index (χ3n) is 15.8. The van der Waals surface area contributed by atoms with Crippen LogP contribution >= 0.6 is 15.9 Å². The van der Waals surface area contributed by atoms with Gasteiger partial charge in [0.15, 0.2) is 0 Å². The van der Waals surface area contributed by atoms with Gasteiger partial charge in [0.1, 0.15) is 0 Å². The van der Waals surface area contributed by atoms with Crippen LogP contribution in [0.3, 0.4) is 0 Å². The van der Waals surface area contributed by atoms with E-state index in [1.807, 2.05) is 0 Å². The number of nitrogens with one attached hydrogen (secondary N) is 1. The van der Waals surface area contributed by atoms with Crippen LogP contribution in [0.1, 0.15) is 81.5 Å². The molecule has 0 bridgehead atoms. The molecule has 0 fully saturated rings. The molecule has 0 spiro atoms. The zero-order chi connectivity index (χ0) is 51.1. The van der Waals surface area contributed by atoms with Crippen LogP contribution in [-0.4, -0.2) is 18.1 Å². The fourth-order valence-electron chi connectivity index (χ4n) is 11.6. The van der Waals surface area contributed by atoms with E-state index in [4.69, 9.17) is 0 Å². The van der Waals surface area contributed by atoms with Crippen LogP contribution in [-0.2, 0) is 25.7 Å². The van der Waals surface area contributed by atoms with E-state index in [1.54, 1.807) is 0 Å². The molecule has 4 aliphatic rings. The molecule has 1 N–H and O–H groups in total. The Morgan fingerprint density at radius 2 is 0.813 bits per heavy atom. The van der Waals surface area contributed by atoms with Gasteiger partial charge < -0.3 is 15.1 Å². The Balaban J connectivity index is 0.000000150. The monoisotopic (exact) mass is 1040 g/mol. The summed E-state index contributed by atoms with van der Waals surface area (Å²) < 4.78 is 1.16. The number of nitrogens with zero attached hydrogens (tertiary/aromatic N) is 2. The second-order valence-corrected chi connectivity index (χ2v) is 21.9. The summed E-state index contributed by atoms with van der Waals surface area (Å²) in [5.41, 5.74) is 12.0. The maximum Gasteiger partial charge on any atom is 0.0775 e. The standard InChI is InChI=1S/C40H40N2.C21H17N.C10H13Br/c1-3-5-11-29-17-21-35(22-18-29)41-37-25-31-13-7-9-15-33(31)27-39(37)42(36-23-19-30(20-24-36)12-6-4-2)40-28-34-16-10-8-14-32(34)26-38(40)41;1-3-7-16-12-20-18(9-14(16)5-1)11-19-10-15-6-2-4-8-17(15)13-21(19)22-20;1-2-3-4-9-5-7-10(11)8-6-9/h7-10,13-28,37,39H,3-6,11-12H2,1-2H3;1-10,12-13,18,20,22H,11H2;5-8H,2-4H2,1H3. The van der Waals surface area contributed by atoms with Crippen molar-refractivity contribution < 1.29 is 0 Å². The number of unbranched alkanes of at least 4 members (excludes halogenated alkanes) is 3. The molecule has 9 aromatic carbocycles. The van der Waals surface area contributed by atoms with Gasteiger partial charge in [-0.15, -0.1) is 0 Å². The second kappa shape index (κ2) is 23.2. The lowest BCUT2D eigenvalue weighted by atomic mass is 9.83. The minimum atomic E-state index is 0.148. The van der Waals surface area contributed by atoms with Crippen LogP contribution in [0.15, 0.2) is 199 Å². The van der Waals surface area contributed by atoms with Gasteiger partial charge in [-0.2, -0.15) is 0 Å². The highest BCUT2D eigenvalue weighted by Crippen LogP contribution is 2.49. The van der Waals surface area contributed by atoms with Crippen molar-refractivity contribution in [1.82, 2.24) is 0 Å². The van der Waals surface area contributed by atoms with Crippen molar-refractivity contribution in [3.8, 4) is 0 Å². The van der Waals surface area contributed by atoms with Gasteiger partial charge in [0.25, 0.3) is 0 Å². The lowest BCUT2D eigenvalue weighted by molar-refractivity contribution is 0.624. The Labute approximate surface area is 453 Å². The summed E-state index contributed by atoms with van der Waals surface area (Å²) in [6.45, 7) is 6.75. The molecule has 4 atom stereocenters. The highest BCUT2D eigenvalue weighted by atomic mass is 79.9. The first-order chi connectivity index (χ1) is 36.9. The summed E-state index contributed by atoms with van der Waals surface area (Å²) in [5, 5.41) is 14.3. The quantitative estimate of drug-likeness (QED) is 0.139. The molecule has 13 rings (SSSR count). The molecule has 75 heavy (non-hydrogen) atoms. The van der Waals surface area contributed by atoms with Gasteiger partial charge in [0, 0.05) is 27.5 Å². The zero-order valence-electron chi connectivity index (χ0n) is 43.9. The van der Waals surface area contributed by atoms with E-state index in [-0.39, 0.29) is 12.1 Å². The van der Waals surface area contributed by atoms with Gasteiger partial charge >= 0.3 is 0 Å². The minimum absolute atomic E-state index is 0.148. The van der Waals surface area contributed by atoms with Crippen LogP contribution < -0.4 is 36.0 Å². The molecule has 4 unspecified atom stereocenters. The van der Waals surface area contributed by atoms with Gasteiger partial charge in [0.05, 0.1) is 29.5 Å². The van der Waals surface area contributed by atoms with Gasteiger partial charge in [-0.25, -0.2) is 0 Å². The zero-order valence-corrected chi connectivity index (χ0v) is 45.5. The Hall–Kier alpha value is -7.14. The fourth-order valence-corrected chi connectivity index (χ4v) is 11.9. The smallest absolute Gasteiger partial charge is 0.0775 e. The van der Waals surface area contributed by atoms with Crippen molar-refractivity contribution in [2.24, 2.45) is 5.92 Å². The molecule has 0 saturated heterocycles. The lowest BCUT2D eigenvalue weighted by Gasteiger charge is -2.49. The Morgan fingerprint density at radius 1 is 0.427 bits per heavy atom. The number of aryl methyl sites for hydroxylation is 3. The summed E-state index contributed by atoms with van der Waals surface area (Å²) in [6, 6.07) is 72.4. The molecular formula is C71H70BrN3. The van der Waals surface area contributed by atoms with Crippen LogP contribution in [0.2, 0.25) is 0 Å². The van der Waals surface area contributed by atoms with Gasteiger partial charge in [-0.05, 0) is 170 Å². The molecule has 0 radical (unpaired) electrons. The summed E-state index contributed by atoms with van der Waals surface area (Å²) in [7, 11) is 0. The average Bonchev–Trinajstić information content (AvgIpc) is 3.45. The summed E-state index contributed by atoms with van der Waals surface area (Å²) in [4.78, 5) is 5.18. The van der Waals surface area contributed by atoms with Crippen molar-refractivity contribution in [1.29, 1.82) is 0 Å². The Bertz CT molecular complexity index is 3460. The van der Waals surface area contributed by atoms with E-state index in [1.165, 1.54) is 138 Å². The van der Waals surface area contributed by atoms with Gasteiger partial charge in [-0.3, -0.25) is 0 Å². The number of hydrogen-bond donors (Lipinski definition) is 1. The van der Waals surface area contributed by atoms with E-state index in [9.17, 15) is 0 Å². The molecule has 2 aliphatic heterocycles. The van der Waals surface area contributed by atoms with Gasteiger partial charge in [-0.1, -0.05) is 214 Å². The normalized spacial score (nSPS) is 17.4. The van der Waals surface area contributed by atoms with Crippen molar-refractivity contribution in [2.75, 3.05) is 15.1 Å². The first-order valence-electron chi connectivity index (χ1n) is 27.8. The van der Waals surface area contributed by atoms with E-state index in [2.05, 4.69) is 270 Å².